The van der Waals surface area contributed by atoms with Crippen molar-refractivity contribution in [3.05, 3.63) is 23.8 Å². The van der Waals surface area contributed by atoms with E-state index >= 15 is 0 Å². The average molecular weight is 413 g/mol. The van der Waals surface area contributed by atoms with E-state index in [1.807, 2.05) is 0 Å². The maximum absolute atomic E-state index is 10.2. The number of hydrogen-bond donors (Lipinski definition) is 1. The van der Waals surface area contributed by atoms with Gasteiger partial charge in [0.25, 0.3) is 0 Å². The van der Waals surface area contributed by atoms with Gasteiger partial charge in [0.1, 0.15) is 0 Å². The molecule has 4 aliphatic rings. The van der Waals surface area contributed by atoms with Crippen LogP contribution in [0.5, 0.6) is 0 Å². The molecule has 0 unspecified atom stereocenters. The molecule has 0 aromatic rings. The largest absolute Gasteiger partial charge is 0.393 e. The predicted octanol–water partition coefficient (Wildman–Crippen LogP) is 7.80. The van der Waals surface area contributed by atoms with Crippen molar-refractivity contribution >= 4 is 0 Å². The SMILES string of the molecule is CC[C@H](C=C[C@@H](C)[C@H]1CC[C@@H]2[C@H]3CC=C4C[C@@H](O)CC[C@]4(C)[C@@H]3CC[C@@]21C)C(C)C. The Hall–Kier alpha value is -0.560. The summed E-state index contributed by atoms with van der Waals surface area (Å²) in [5.41, 5.74) is 2.51. The summed E-state index contributed by atoms with van der Waals surface area (Å²) >= 11 is 0. The first-order valence-electron chi connectivity index (χ1n) is 13.3. The van der Waals surface area contributed by atoms with E-state index in [2.05, 4.69) is 59.8 Å². The van der Waals surface area contributed by atoms with Crippen molar-refractivity contribution < 1.29 is 5.11 Å². The Morgan fingerprint density at radius 2 is 1.80 bits per heavy atom. The molecule has 0 heterocycles. The van der Waals surface area contributed by atoms with Crippen LogP contribution in [0.3, 0.4) is 0 Å². The molecule has 4 rings (SSSR count). The van der Waals surface area contributed by atoms with E-state index in [-0.39, 0.29) is 6.10 Å². The molecule has 0 bridgehead atoms. The van der Waals surface area contributed by atoms with Crippen LogP contribution < -0.4 is 0 Å². The average Bonchev–Trinajstić information content (AvgIpc) is 3.06. The fourth-order valence-corrected chi connectivity index (χ4v) is 8.83. The molecule has 3 fully saturated rings. The zero-order chi connectivity index (χ0) is 21.7. The molecule has 170 valence electrons. The Labute approximate surface area is 186 Å². The highest BCUT2D eigenvalue weighted by Crippen LogP contribution is 2.67. The van der Waals surface area contributed by atoms with Gasteiger partial charge in [0.05, 0.1) is 6.10 Å². The van der Waals surface area contributed by atoms with Gasteiger partial charge in [-0.2, -0.15) is 0 Å². The summed E-state index contributed by atoms with van der Waals surface area (Å²) in [6, 6.07) is 0. The Bertz CT molecular complexity index is 674. The van der Waals surface area contributed by atoms with Crippen LogP contribution in [0.4, 0.5) is 0 Å². The van der Waals surface area contributed by atoms with E-state index in [1.165, 1.54) is 44.9 Å². The van der Waals surface area contributed by atoms with Gasteiger partial charge in [0.2, 0.25) is 0 Å². The molecule has 1 nitrogen and oxygen atoms in total. The summed E-state index contributed by atoms with van der Waals surface area (Å²) in [4.78, 5) is 0. The number of rotatable bonds is 5. The molecule has 9 atom stereocenters. The molecule has 3 saturated carbocycles. The van der Waals surface area contributed by atoms with Gasteiger partial charge in [-0.1, -0.05) is 65.3 Å². The standard InChI is InChI=1S/C29H48O/c1-7-21(19(2)3)9-8-20(4)25-12-13-26-24-11-10-22-18-23(30)14-16-28(22,5)27(24)15-17-29(25,26)6/h8-10,19-21,23-27,30H,7,11-18H2,1-6H3/t20-,21-,23+,24-,25-,26-,27-,28+,29-/m1/s1. The van der Waals surface area contributed by atoms with Gasteiger partial charge in [0, 0.05) is 0 Å². The van der Waals surface area contributed by atoms with Crippen LogP contribution in [0, 0.1) is 52.3 Å². The first kappa shape index (κ1) is 22.6. The van der Waals surface area contributed by atoms with Crippen molar-refractivity contribution in [1.82, 2.24) is 0 Å². The summed E-state index contributed by atoms with van der Waals surface area (Å²) in [7, 11) is 0. The van der Waals surface area contributed by atoms with Crippen molar-refractivity contribution in [3.8, 4) is 0 Å². The zero-order valence-electron chi connectivity index (χ0n) is 20.7. The van der Waals surface area contributed by atoms with E-state index in [9.17, 15) is 5.11 Å². The van der Waals surface area contributed by atoms with Crippen molar-refractivity contribution in [2.75, 3.05) is 0 Å². The molecule has 0 aromatic carbocycles. The van der Waals surface area contributed by atoms with Crippen molar-refractivity contribution in [2.24, 2.45) is 52.3 Å². The zero-order valence-corrected chi connectivity index (χ0v) is 20.7. The number of allylic oxidation sites excluding steroid dienone is 3. The Morgan fingerprint density at radius 3 is 2.50 bits per heavy atom. The molecule has 4 aliphatic carbocycles. The fraction of sp³-hybridized carbons (Fsp3) is 0.862. The fourth-order valence-electron chi connectivity index (χ4n) is 8.83. The van der Waals surface area contributed by atoms with Gasteiger partial charge >= 0.3 is 0 Å². The number of aliphatic hydroxyl groups excluding tert-OH is 1. The summed E-state index contributed by atoms with van der Waals surface area (Å²) in [6.07, 6.45) is 19.1. The molecular formula is C29H48O. The second-order valence-electron chi connectivity index (χ2n) is 12.4. The highest BCUT2D eigenvalue weighted by atomic mass is 16.3. The van der Waals surface area contributed by atoms with Crippen LogP contribution in [-0.4, -0.2) is 11.2 Å². The summed E-state index contributed by atoms with van der Waals surface area (Å²) in [6.45, 7) is 14.8. The summed E-state index contributed by atoms with van der Waals surface area (Å²) < 4.78 is 0. The monoisotopic (exact) mass is 412 g/mol. The van der Waals surface area contributed by atoms with Gasteiger partial charge in [-0.3, -0.25) is 0 Å². The Kier molecular flexibility index (Phi) is 6.35. The second-order valence-corrected chi connectivity index (χ2v) is 12.4. The minimum Gasteiger partial charge on any atom is -0.393 e. The Balaban J connectivity index is 1.52. The molecule has 1 heteroatoms. The van der Waals surface area contributed by atoms with Gasteiger partial charge < -0.3 is 5.11 Å². The lowest BCUT2D eigenvalue weighted by atomic mass is 9.47. The van der Waals surface area contributed by atoms with Crippen LogP contribution in [0.1, 0.15) is 99.3 Å². The van der Waals surface area contributed by atoms with Gasteiger partial charge in [0.15, 0.2) is 0 Å². The van der Waals surface area contributed by atoms with Crippen molar-refractivity contribution in [1.29, 1.82) is 0 Å². The van der Waals surface area contributed by atoms with E-state index in [0.29, 0.717) is 16.7 Å². The summed E-state index contributed by atoms with van der Waals surface area (Å²) in [5.74, 6) is 5.70. The molecule has 0 amide bonds. The van der Waals surface area contributed by atoms with Crippen LogP contribution in [-0.2, 0) is 0 Å². The molecule has 30 heavy (non-hydrogen) atoms. The lowest BCUT2D eigenvalue weighted by Gasteiger charge is -2.58. The van der Waals surface area contributed by atoms with E-state index in [1.54, 1.807) is 5.57 Å². The highest BCUT2D eigenvalue weighted by Gasteiger charge is 2.58. The van der Waals surface area contributed by atoms with Gasteiger partial charge in [-0.25, -0.2) is 0 Å². The summed E-state index contributed by atoms with van der Waals surface area (Å²) in [5, 5.41) is 10.2. The predicted molar refractivity (Wildman–Crippen MR) is 128 cm³/mol. The molecule has 0 radical (unpaired) electrons. The number of aliphatic hydroxyl groups is 1. The van der Waals surface area contributed by atoms with Crippen molar-refractivity contribution in [3.63, 3.8) is 0 Å². The Morgan fingerprint density at radius 1 is 1.03 bits per heavy atom. The first-order chi connectivity index (χ1) is 14.2. The smallest absolute Gasteiger partial charge is 0.0577 e. The first-order valence-corrected chi connectivity index (χ1v) is 13.3. The molecule has 0 saturated heterocycles. The normalized spacial score (nSPS) is 45.6. The maximum Gasteiger partial charge on any atom is 0.0577 e. The maximum atomic E-state index is 10.2. The number of hydrogen-bond acceptors (Lipinski definition) is 1. The van der Waals surface area contributed by atoms with Crippen LogP contribution in [0.25, 0.3) is 0 Å². The third-order valence-electron chi connectivity index (χ3n) is 10.8. The van der Waals surface area contributed by atoms with E-state index in [0.717, 1.165) is 48.3 Å². The van der Waals surface area contributed by atoms with Gasteiger partial charge in [-0.15, -0.1) is 0 Å². The molecule has 0 aliphatic heterocycles. The number of fused-ring (bicyclic) bond motifs is 5. The quantitative estimate of drug-likeness (QED) is 0.457. The van der Waals surface area contributed by atoms with Crippen LogP contribution in [0.2, 0.25) is 0 Å². The van der Waals surface area contributed by atoms with E-state index in [4.69, 9.17) is 0 Å². The molecule has 1 N–H and O–H groups in total. The second kappa shape index (κ2) is 8.42. The molecule has 0 aromatic heterocycles. The highest BCUT2D eigenvalue weighted by molar-refractivity contribution is 5.25. The van der Waals surface area contributed by atoms with Crippen LogP contribution in [0.15, 0.2) is 23.8 Å². The molecular weight excluding hydrogens is 364 g/mol. The van der Waals surface area contributed by atoms with Gasteiger partial charge in [-0.05, 0) is 110 Å². The topological polar surface area (TPSA) is 20.2 Å². The minimum absolute atomic E-state index is 0.0870. The van der Waals surface area contributed by atoms with E-state index < -0.39 is 0 Å². The molecule has 0 spiro atoms. The third kappa shape index (κ3) is 3.66. The van der Waals surface area contributed by atoms with Crippen LogP contribution >= 0.6 is 0 Å². The minimum atomic E-state index is -0.0870. The third-order valence-corrected chi connectivity index (χ3v) is 10.8. The van der Waals surface area contributed by atoms with Crippen molar-refractivity contribution in [2.45, 2.75) is 105 Å². The lowest BCUT2D eigenvalue weighted by Crippen LogP contribution is -2.50. The lowest BCUT2D eigenvalue weighted by molar-refractivity contribution is -0.0540.